The van der Waals surface area contributed by atoms with Gasteiger partial charge in [-0.3, -0.25) is 0 Å². The summed E-state index contributed by atoms with van der Waals surface area (Å²) in [5.74, 6) is 5.99. The lowest BCUT2D eigenvalue weighted by Gasteiger charge is -2.65. The highest BCUT2D eigenvalue weighted by Crippen LogP contribution is 2.68. The molecule has 3 atom stereocenters. The molecule has 0 amide bonds. The Balaban J connectivity index is 0.000000212. The predicted octanol–water partition coefficient (Wildman–Crippen LogP) is 20.1. The van der Waals surface area contributed by atoms with E-state index < -0.39 is 33.4 Å². The van der Waals surface area contributed by atoms with Gasteiger partial charge in [0, 0.05) is 13.7 Å². The first-order valence-electron chi connectivity index (χ1n) is 30.4. The molecule has 8 aliphatic rings. The van der Waals surface area contributed by atoms with E-state index in [2.05, 4.69) is 202 Å². The molecule has 8 aliphatic carbocycles. The second-order valence-electron chi connectivity index (χ2n) is 32.2. The summed E-state index contributed by atoms with van der Waals surface area (Å²) in [6.07, 6.45) is 12.9. The third kappa shape index (κ3) is 19.1. The van der Waals surface area contributed by atoms with Gasteiger partial charge in [0.05, 0.1) is 16.5 Å². The smallest absolute Gasteiger partial charge is 0.364 e. The van der Waals surface area contributed by atoms with Gasteiger partial charge in [0.1, 0.15) is 0 Å². The van der Waals surface area contributed by atoms with E-state index in [1.165, 1.54) is 33.9 Å². The van der Waals surface area contributed by atoms with E-state index in [-0.39, 0.29) is 22.9 Å². The van der Waals surface area contributed by atoms with Crippen LogP contribution >= 0.6 is 0 Å². The molecule has 1 N–H and O–H groups in total. The molecule has 10 heteroatoms. The Bertz CT molecular complexity index is 2270. The molecule has 3 aromatic rings. The van der Waals surface area contributed by atoms with Crippen molar-refractivity contribution < 1.29 is 36.0 Å². The number of alkyl halides is 3. The normalized spacial score (nSPS) is 28.3. The molecule has 0 aliphatic heterocycles. The average molecular weight is 1160 g/mol. The fourth-order valence-electron chi connectivity index (χ4n) is 13.9. The minimum Gasteiger partial charge on any atom is -0.743 e. The van der Waals surface area contributed by atoms with Crippen molar-refractivity contribution in [1.29, 1.82) is 0 Å². The molecule has 0 saturated heterocycles. The molecule has 8 saturated carbocycles. The van der Waals surface area contributed by atoms with Crippen LogP contribution in [0.4, 0.5) is 13.2 Å². The molecule has 0 spiro atoms. The minimum atomic E-state index is -5.93. The lowest BCUT2D eigenvalue weighted by molar-refractivity contribution is -0.195. The highest BCUT2D eigenvalue weighted by atomic mass is 32.2. The van der Waals surface area contributed by atoms with Crippen molar-refractivity contribution in [2.75, 3.05) is 13.7 Å². The third-order valence-electron chi connectivity index (χ3n) is 20.2. The van der Waals surface area contributed by atoms with E-state index in [4.69, 9.17) is 4.74 Å². The first kappa shape index (κ1) is 70.1. The highest BCUT2D eigenvalue weighted by molar-refractivity contribution is 7.97. The van der Waals surface area contributed by atoms with E-state index in [0.29, 0.717) is 37.9 Å². The van der Waals surface area contributed by atoms with Crippen molar-refractivity contribution >= 4 is 21.0 Å². The molecule has 11 rings (SSSR count). The van der Waals surface area contributed by atoms with Crippen molar-refractivity contribution in [1.82, 2.24) is 0 Å². The van der Waals surface area contributed by atoms with Gasteiger partial charge in [0.15, 0.2) is 31.0 Å². The molecule has 456 valence electrons. The zero-order chi connectivity index (χ0) is 60.8. The lowest BCUT2D eigenvalue weighted by atomic mass is 9.40. The van der Waals surface area contributed by atoms with Crippen molar-refractivity contribution in [2.45, 2.75) is 253 Å². The first-order chi connectivity index (χ1) is 36.4. The van der Waals surface area contributed by atoms with E-state index in [1.807, 2.05) is 0 Å². The summed E-state index contributed by atoms with van der Waals surface area (Å²) < 4.78 is 73.3. The van der Waals surface area contributed by atoms with Gasteiger partial charge in [-0.05, 0) is 205 Å². The molecule has 0 radical (unpaired) electrons. The fourth-order valence-corrected chi connectivity index (χ4v) is 16.4. The Labute approximate surface area is 491 Å². The van der Waals surface area contributed by atoms with Crippen LogP contribution in [0.15, 0.2) is 106 Å². The Morgan fingerprint density at radius 3 is 1.19 bits per heavy atom. The number of halogens is 3. The van der Waals surface area contributed by atoms with Gasteiger partial charge in [0.25, 0.3) is 0 Å². The molecule has 3 unspecified atom stereocenters. The SMILES string of the molecule is CC(C)(C)C(C)(C)C.CC(C)(C)C1(C)C2CC3CC(C2)CC1C3.CC(C)(C)C12CC3CC(CC(O)(C3)C1)C2.CC(C)(C)CCC(F)C(F)(F)S(=O)(=O)[O-].COCCC(C)(C)C.c1ccc([S+](c2ccccc2)c2ccccc2)cc1. The fraction of sp³-hybridized carbons (Fsp3) is 0.743. The molecular formula is C70H113F3O5S2. The molecular weight excluding hydrogens is 1040 g/mol. The highest BCUT2D eigenvalue weighted by Gasteiger charge is 2.61. The van der Waals surface area contributed by atoms with Crippen molar-refractivity contribution in [3.8, 4) is 0 Å². The van der Waals surface area contributed by atoms with Crippen LogP contribution in [0.3, 0.4) is 0 Å². The third-order valence-corrected chi connectivity index (χ3v) is 23.3. The van der Waals surface area contributed by atoms with Crippen LogP contribution < -0.4 is 0 Å². The van der Waals surface area contributed by atoms with E-state index in [1.54, 1.807) is 60.0 Å². The quantitative estimate of drug-likeness (QED) is 0.170. The van der Waals surface area contributed by atoms with Crippen molar-refractivity contribution in [3.05, 3.63) is 91.0 Å². The molecule has 0 heterocycles. The van der Waals surface area contributed by atoms with Crippen LogP contribution in [-0.4, -0.2) is 48.8 Å². The lowest BCUT2D eigenvalue weighted by Crippen LogP contribution is -2.59. The Kier molecular flexibility index (Phi) is 23.6. The van der Waals surface area contributed by atoms with E-state index in [0.717, 1.165) is 67.8 Å². The molecule has 5 nitrogen and oxygen atoms in total. The van der Waals surface area contributed by atoms with Crippen LogP contribution in [0, 0.1) is 78.8 Å². The predicted molar refractivity (Wildman–Crippen MR) is 331 cm³/mol. The van der Waals surface area contributed by atoms with Crippen LogP contribution in [0.5, 0.6) is 0 Å². The average Bonchev–Trinajstić information content (AvgIpc) is 3.32. The largest absolute Gasteiger partial charge is 0.743 e. The van der Waals surface area contributed by atoms with Gasteiger partial charge in [-0.15, -0.1) is 0 Å². The summed E-state index contributed by atoms with van der Waals surface area (Å²) in [6, 6.07) is 32.2. The van der Waals surface area contributed by atoms with Crippen molar-refractivity contribution in [3.63, 3.8) is 0 Å². The summed E-state index contributed by atoms with van der Waals surface area (Å²) >= 11 is 0. The van der Waals surface area contributed by atoms with Gasteiger partial charge >= 0.3 is 5.25 Å². The molecule has 3 aromatic carbocycles. The van der Waals surface area contributed by atoms with Gasteiger partial charge in [-0.1, -0.05) is 186 Å². The summed E-state index contributed by atoms with van der Waals surface area (Å²) in [6.45, 7) is 43.4. The minimum absolute atomic E-state index is 0.0146. The Hall–Kier alpha value is -2.37. The molecule has 80 heavy (non-hydrogen) atoms. The summed E-state index contributed by atoms with van der Waals surface area (Å²) in [7, 11) is -4.20. The van der Waals surface area contributed by atoms with Crippen LogP contribution in [0.1, 0.15) is 221 Å². The van der Waals surface area contributed by atoms with Crippen LogP contribution in [-0.2, 0) is 25.7 Å². The molecule has 8 bridgehead atoms. The molecule has 8 fully saturated rings. The number of rotatable bonds is 9. The maximum absolute atomic E-state index is 12.9. The second-order valence-corrected chi connectivity index (χ2v) is 35.7. The standard InChI is InChI=1S/C18H15S.C15H26.C14H24O.C8H15F3O3S.C8H18.C7H16O/c1-4-10-16(11-5-1)19(17-12-6-2-7-13-17)18-14-8-3-9-15-18;1-14(2,3)15(4)12-6-10-5-11(8-12)9-13(15)7-10;1-12(2,3)13-5-10-4-11(6-13)8-14(15,7-10)9-13;1-7(2,3)5-4-6(9)8(10,11)15(12,13)14;1-7(2,3)8(4,5)6;1-7(2,3)5-6-8-4/h1-15H;10-13H,5-9H2,1-4H3;10-11,15H,4-9H2,1-3H3;6H,4-5H2,1-3H3,(H,12,13,14);1-6H3;5-6H2,1-4H3/q+1;;;;;/p-1. The monoisotopic (exact) mass is 1150 g/mol. The van der Waals surface area contributed by atoms with Gasteiger partial charge < -0.3 is 14.4 Å². The Morgan fingerprint density at radius 2 is 0.925 bits per heavy atom. The maximum atomic E-state index is 12.9. The number of hydrogen-bond acceptors (Lipinski definition) is 5. The second kappa shape index (κ2) is 26.9. The Morgan fingerprint density at radius 1 is 0.575 bits per heavy atom. The van der Waals surface area contributed by atoms with E-state index in [9.17, 15) is 31.2 Å². The van der Waals surface area contributed by atoms with Crippen LogP contribution in [0.2, 0.25) is 0 Å². The van der Waals surface area contributed by atoms with Crippen molar-refractivity contribution in [2.24, 2.45) is 78.8 Å². The zero-order valence-electron chi connectivity index (χ0n) is 53.8. The maximum Gasteiger partial charge on any atom is 0.364 e. The number of hydrogen-bond donors (Lipinski definition) is 1. The zero-order valence-corrected chi connectivity index (χ0v) is 55.5. The summed E-state index contributed by atoms with van der Waals surface area (Å²) in [5.41, 5.74) is 2.60. The number of benzene rings is 3. The van der Waals surface area contributed by atoms with Crippen LogP contribution in [0.25, 0.3) is 0 Å². The first-order valence-corrected chi connectivity index (χ1v) is 33.1. The van der Waals surface area contributed by atoms with Gasteiger partial charge in [-0.2, -0.15) is 8.78 Å². The topological polar surface area (TPSA) is 86.7 Å². The summed E-state index contributed by atoms with van der Waals surface area (Å²) in [5, 5.41) is 5.80. The van der Waals surface area contributed by atoms with Gasteiger partial charge in [-0.25, -0.2) is 12.8 Å². The van der Waals surface area contributed by atoms with Gasteiger partial charge in [0.2, 0.25) is 0 Å². The number of ether oxygens (including phenoxy) is 1. The van der Waals surface area contributed by atoms with E-state index >= 15 is 0 Å². The number of aliphatic hydroxyl groups is 1. The molecule has 0 aromatic heterocycles. The summed E-state index contributed by atoms with van der Waals surface area (Å²) in [4.78, 5) is 4.08. The number of methoxy groups -OCH3 is 1.